The second-order valence-corrected chi connectivity index (χ2v) is 9.46. The van der Waals surface area contributed by atoms with Gasteiger partial charge in [0.15, 0.2) is 16.4 Å². The molecule has 8 heteroatoms. The maximum absolute atomic E-state index is 12.7. The number of aryl methyl sites for hydroxylation is 1. The molecule has 0 bridgehead atoms. The van der Waals surface area contributed by atoms with E-state index in [0.717, 1.165) is 5.56 Å². The maximum Gasteiger partial charge on any atom is 0.306 e. The van der Waals surface area contributed by atoms with Gasteiger partial charge in [0.05, 0.1) is 17.5 Å². The summed E-state index contributed by atoms with van der Waals surface area (Å²) in [6.45, 7) is -0.395. The molecule has 1 aliphatic heterocycles. The molecule has 1 fully saturated rings. The first kappa shape index (κ1) is 19.6. The van der Waals surface area contributed by atoms with Crippen LogP contribution in [0.3, 0.4) is 0 Å². The molecule has 1 aromatic heterocycles. The molecule has 1 aromatic carbocycles. The number of para-hydroxylation sites is 1. The molecule has 0 spiro atoms. The van der Waals surface area contributed by atoms with Crippen LogP contribution in [-0.2, 0) is 30.6 Å². The Balaban J connectivity index is 1.62. The molecule has 144 valence electrons. The molecule has 1 atom stereocenters. The molecule has 1 aliphatic rings. The summed E-state index contributed by atoms with van der Waals surface area (Å²) in [6, 6.07) is 10.4. The molecule has 27 heavy (non-hydrogen) atoms. The lowest BCUT2D eigenvalue weighted by molar-refractivity contribution is -0.147. The third-order valence-electron chi connectivity index (χ3n) is 4.43. The molecule has 6 nitrogen and oxygen atoms in total. The molecule has 2 aromatic rings. The van der Waals surface area contributed by atoms with Gasteiger partial charge in [-0.2, -0.15) is 11.3 Å². The van der Waals surface area contributed by atoms with E-state index in [1.54, 1.807) is 35.6 Å². The lowest BCUT2D eigenvalue weighted by atomic mass is 10.2. The number of ether oxygens (including phenoxy) is 1. The lowest BCUT2D eigenvalue weighted by Crippen LogP contribution is -2.43. The van der Waals surface area contributed by atoms with E-state index in [-0.39, 0.29) is 17.9 Å². The number of esters is 1. The van der Waals surface area contributed by atoms with Crippen molar-refractivity contribution < 1.29 is 22.7 Å². The van der Waals surface area contributed by atoms with Crippen LogP contribution in [0.25, 0.3) is 0 Å². The van der Waals surface area contributed by atoms with Crippen molar-refractivity contribution in [3.63, 3.8) is 0 Å². The van der Waals surface area contributed by atoms with E-state index in [2.05, 4.69) is 0 Å². The monoisotopic (exact) mass is 407 g/mol. The number of hydrogen-bond acceptors (Lipinski definition) is 6. The summed E-state index contributed by atoms with van der Waals surface area (Å²) in [6.07, 6.45) is 1.15. The fourth-order valence-electron chi connectivity index (χ4n) is 3.09. The van der Waals surface area contributed by atoms with Crippen LogP contribution in [-0.4, -0.2) is 44.4 Å². The second-order valence-electron chi connectivity index (χ2n) is 6.45. The molecule has 0 N–H and O–H groups in total. The summed E-state index contributed by atoms with van der Waals surface area (Å²) < 4.78 is 28.8. The van der Waals surface area contributed by atoms with Crippen molar-refractivity contribution in [1.82, 2.24) is 0 Å². The van der Waals surface area contributed by atoms with Gasteiger partial charge in [0.1, 0.15) is 0 Å². The number of benzene rings is 1. The molecule has 2 heterocycles. The third kappa shape index (κ3) is 5.40. The summed E-state index contributed by atoms with van der Waals surface area (Å²) >= 11 is 1.56. The van der Waals surface area contributed by atoms with Crippen molar-refractivity contribution in [2.45, 2.75) is 25.3 Å². The molecule has 1 saturated heterocycles. The van der Waals surface area contributed by atoms with Crippen molar-refractivity contribution in [3.05, 3.63) is 52.7 Å². The van der Waals surface area contributed by atoms with Crippen molar-refractivity contribution in [3.8, 4) is 0 Å². The number of anilines is 1. The largest absolute Gasteiger partial charge is 0.456 e. The van der Waals surface area contributed by atoms with Crippen molar-refractivity contribution >= 4 is 38.7 Å². The number of carbonyl (C=O) groups excluding carboxylic acids is 2. The van der Waals surface area contributed by atoms with Crippen molar-refractivity contribution in [1.29, 1.82) is 0 Å². The Morgan fingerprint density at radius 1 is 1.19 bits per heavy atom. The number of hydrogen-bond donors (Lipinski definition) is 0. The van der Waals surface area contributed by atoms with Crippen molar-refractivity contribution in [2.75, 3.05) is 23.0 Å². The van der Waals surface area contributed by atoms with E-state index < -0.39 is 34.4 Å². The van der Waals surface area contributed by atoms with Gasteiger partial charge in [0.2, 0.25) is 0 Å². The number of rotatable bonds is 7. The standard InChI is InChI=1S/C19H21NO5S2/c21-18(12-25-19(22)7-6-15-8-10-26-13-15)20(16-4-2-1-3-5-16)17-9-11-27(23,24)14-17/h1-5,8,10,13,17H,6-7,9,11-12,14H2/t17-/m1/s1. The fraction of sp³-hybridized carbons (Fsp3) is 0.368. The molecule has 0 radical (unpaired) electrons. The van der Waals surface area contributed by atoms with Gasteiger partial charge in [-0.1, -0.05) is 18.2 Å². The van der Waals surface area contributed by atoms with Gasteiger partial charge >= 0.3 is 5.97 Å². The minimum Gasteiger partial charge on any atom is -0.456 e. The van der Waals surface area contributed by atoms with Gasteiger partial charge in [-0.25, -0.2) is 8.42 Å². The Morgan fingerprint density at radius 2 is 1.96 bits per heavy atom. The van der Waals surface area contributed by atoms with Gasteiger partial charge < -0.3 is 9.64 Å². The SMILES string of the molecule is O=C(CCc1ccsc1)OCC(=O)N(c1ccccc1)[C@@H]1CCS(=O)(=O)C1. The van der Waals surface area contributed by atoms with Crippen LogP contribution in [0.2, 0.25) is 0 Å². The average molecular weight is 408 g/mol. The Kier molecular flexibility index (Phi) is 6.28. The van der Waals surface area contributed by atoms with E-state index in [4.69, 9.17) is 4.74 Å². The highest BCUT2D eigenvalue weighted by atomic mass is 32.2. The average Bonchev–Trinajstić information content (AvgIpc) is 3.29. The van der Waals surface area contributed by atoms with Crippen molar-refractivity contribution in [2.24, 2.45) is 0 Å². The summed E-state index contributed by atoms with van der Waals surface area (Å²) in [4.78, 5) is 26.1. The molecular formula is C19H21NO5S2. The molecule has 3 rings (SSSR count). The van der Waals surface area contributed by atoms with Gasteiger partial charge in [0.25, 0.3) is 5.91 Å². The van der Waals surface area contributed by atoms with Crippen LogP contribution >= 0.6 is 11.3 Å². The highest BCUT2D eigenvalue weighted by Crippen LogP contribution is 2.24. The molecule has 0 unspecified atom stereocenters. The normalized spacial score (nSPS) is 18.1. The van der Waals surface area contributed by atoms with E-state index >= 15 is 0 Å². The van der Waals surface area contributed by atoms with Crippen LogP contribution in [0.5, 0.6) is 0 Å². The first-order valence-corrected chi connectivity index (χ1v) is 11.5. The van der Waals surface area contributed by atoms with E-state index in [1.165, 1.54) is 4.90 Å². The van der Waals surface area contributed by atoms with Gasteiger partial charge in [-0.15, -0.1) is 0 Å². The van der Waals surface area contributed by atoms with Gasteiger partial charge in [0, 0.05) is 12.1 Å². The third-order valence-corrected chi connectivity index (χ3v) is 6.91. The number of carbonyl (C=O) groups is 2. The van der Waals surface area contributed by atoms with Crippen LogP contribution in [0.15, 0.2) is 47.2 Å². The van der Waals surface area contributed by atoms with E-state index in [0.29, 0.717) is 18.5 Å². The number of thiophene rings is 1. The van der Waals surface area contributed by atoms with Gasteiger partial charge in [-0.3, -0.25) is 9.59 Å². The molecule has 1 amide bonds. The highest BCUT2D eigenvalue weighted by molar-refractivity contribution is 7.91. The summed E-state index contributed by atoms with van der Waals surface area (Å²) in [5.74, 6) is -0.858. The zero-order chi connectivity index (χ0) is 19.3. The lowest BCUT2D eigenvalue weighted by Gasteiger charge is -2.28. The Labute approximate surface area is 162 Å². The first-order chi connectivity index (χ1) is 12.9. The number of amides is 1. The quantitative estimate of drug-likeness (QED) is 0.659. The number of nitrogens with zero attached hydrogens (tertiary/aromatic N) is 1. The van der Waals surface area contributed by atoms with Gasteiger partial charge in [-0.05, 0) is 47.4 Å². The van der Waals surface area contributed by atoms with Crippen LogP contribution in [0.4, 0.5) is 5.69 Å². The first-order valence-electron chi connectivity index (χ1n) is 8.69. The topological polar surface area (TPSA) is 80.8 Å². The predicted octanol–water partition coefficient (Wildman–Crippen LogP) is 2.44. The van der Waals surface area contributed by atoms with Crippen LogP contribution < -0.4 is 4.90 Å². The van der Waals surface area contributed by atoms with E-state index in [9.17, 15) is 18.0 Å². The summed E-state index contributed by atoms with van der Waals surface area (Å²) in [5, 5.41) is 3.91. The minimum atomic E-state index is -3.15. The zero-order valence-corrected chi connectivity index (χ0v) is 16.4. The van der Waals surface area contributed by atoms with E-state index in [1.807, 2.05) is 22.9 Å². The minimum absolute atomic E-state index is 0.0642. The van der Waals surface area contributed by atoms with Crippen LogP contribution in [0.1, 0.15) is 18.4 Å². The fourth-order valence-corrected chi connectivity index (χ4v) is 5.49. The zero-order valence-electron chi connectivity index (χ0n) is 14.7. The Morgan fingerprint density at radius 3 is 2.59 bits per heavy atom. The number of sulfone groups is 1. The summed E-state index contributed by atoms with van der Waals surface area (Å²) in [7, 11) is -3.15. The van der Waals surface area contributed by atoms with Crippen LogP contribution in [0, 0.1) is 0 Å². The Bertz CT molecular complexity index is 878. The second kappa shape index (κ2) is 8.67. The summed E-state index contributed by atoms with van der Waals surface area (Å²) in [5.41, 5.74) is 1.67. The predicted molar refractivity (Wildman–Crippen MR) is 105 cm³/mol. The smallest absolute Gasteiger partial charge is 0.306 e. The highest BCUT2D eigenvalue weighted by Gasteiger charge is 2.35. The Hall–Kier alpha value is -2.19. The molecular weight excluding hydrogens is 386 g/mol. The molecule has 0 aliphatic carbocycles. The molecule has 0 saturated carbocycles. The maximum atomic E-state index is 12.7.